The molecule has 10 heteroatoms. The van der Waals surface area contributed by atoms with Crippen LogP contribution in [-0.4, -0.2) is 45.5 Å². The van der Waals surface area contributed by atoms with Gasteiger partial charge in [-0.3, -0.25) is 9.59 Å². The topological polar surface area (TPSA) is 114 Å². The van der Waals surface area contributed by atoms with Crippen molar-refractivity contribution in [1.82, 2.24) is 20.4 Å². The first-order valence-electron chi connectivity index (χ1n) is 9.54. The first kappa shape index (κ1) is 18.7. The van der Waals surface area contributed by atoms with Gasteiger partial charge in [-0.05, 0) is 36.5 Å². The van der Waals surface area contributed by atoms with Crippen molar-refractivity contribution in [2.75, 3.05) is 12.3 Å². The third-order valence-electron chi connectivity index (χ3n) is 5.55. The van der Waals surface area contributed by atoms with E-state index in [0.717, 1.165) is 24.2 Å². The SMILES string of the molecule is Nc1nc(C(=O)N2[C@H](CNC(=O)c3ccon3)C[C@@H]3C[C@@H]32)c(-c2cccc(F)c2)s1. The van der Waals surface area contributed by atoms with Crippen molar-refractivity contribution in [3.63, 3.8) is 0 Å². The molecule has 5 rings (SSSR count). The molecule has 0 radical (unpaired) electrons. The number of piperidine rings is 1. The number of nitrogens with one attached hydrogen (secondary N) is 1. The van der Waals surface area contributed by atoms with Gasteiger partial charge in [0.15, 0.2) is 10.8 Å². The molecule has 2 fully saturated rings. The molecule has 0 spiro atoms. The van der Waals surface area contributed by atoms with Crippen molar-refractivity contribution in [3.05, 3.63) is 53.8 Å². The second kappa shape index (κ2) is 7.21. The van der Waals surface area contributed by atoms with Crippen LogP contribution in [0.2, 0.25) is 0 Å². The zero-order valence-electron chi connectivity index (χ0n) is 15.7. The Bertz CT molecular complexity index is 1120. The molecule has 0 unspecified atom stereocenters. The number of nitrogen functional groups attached to an aromatic ring is 1. The third kappa shape index (κ3) is 3.32. The van der Waals surface area contributed by atoms with Crippen LogP contribution in [0.15, 0.2) is 41.1 Å². The van der Waals surface area contributed by atoms with Crippen molar-refractivity contribution in [3.8, 4) is 10.4 Å². The van der Waals surface area contributed by atoms with Gasteiger partial charge >= 0.3 is 0 Å². The molecule has 1 aromatic carbocycles. The monoisotopic (exact) mass is 427 g/mol. The van der Waals surface area contributed by atoms with E-state index in [1.165, 1.54) is 24.5 Å². The average Bonchev–Trinajstić information content (AvgIpc) is 3.11. The number of nitrogens with zero attached hydrogens (tertiary/aromatic N) is 3. The molecule has 2 aromatic heterocycles. The summed E-state index contributed by atoms with van der Waals surface area (Å²) in [6, 6.07) is 7.49. The number of anilines is 1. The molecule has 2 amide bonds. The number of rotatable bonds is 5. The number of fused-ring (bicyclic) bond motifs is 1. The lowest BCUT2D eigenvalue weighted by atomic mass is 10.1. The maximum atomic E-state index is 13.7. The number of nitrogens with two attached hydrogens (primary N) is 1. The Morgan fingerprint density at radius 3 is 2.97 bits per heavy atom. The zero-order chi connectivity index (χ0) is 20.8. The molecule has 154 valence electrons. The van der Waals surface area contributed by atoms with Gasteiger partial charge in [-0.2, -0.15) is 0 Å². The van der Waals surface area contributed by atoms with Gasteiger partial charge in [0.1, 0.15) is 17.8 Å². The average molecular weight is 427 g/mol. The molecule has 3 heterocycles. The van der Waals surface area contributed by atoms with Crippen LogP contribution >= 0.6 is 11.3 Å². The van der Waals surface area contributed by atoms with Crippen LogP contribution in [0.5, 0.6) is 0 Å². The third-order valence-corrected chi connectivity index (χ3v) is 6.48. The lowest BCUT2D eigenvalue weighted by molar-refractivity contribution is 0.0684. The minimum Gasteiger partial charge on any atom is -0.375 e. The molecule has 3 atom stereocenters. The smallest absolute Gasteiger partial charge is 0.274 e. The van der Waals surface area contributed by atoms with E-state index in [9.17, 15) is 14.0 Å². The molecule has 1 saturated carbocycles. The molecule has 1 saturated heterocycles. The van der Waals surface area contributed by atoms with E-state index in [2.05, 4.69) is 15.5 Å². The maximum absolute atomic E-state index is 13.7. The molecule has 8 nitrogen and oxygen atoms in total. The van der Waals surface area contributed by atoms with Crippen molar-refractivity contribution in [2.24, 2.45) is 5.92 Å². The summed E-state index contributed by atoms with van der Waals surface area (Å²) < 4.78 is 18.4. The highest BCUT2D eigenvalue weighted by Gasteiger charge is 2.54. The summed E-state index contributed by atoms with van der Waals surface area (Å²) in [7, 11) is 0. The summed E-state index contributed by atoms with van der Waals surface area (Å²) in [5.74, 6) is -0.561. The minimum absolute atomic E-state index is 0.134. The summed E-state index contributed by atoms with van der Waals surface area (Å²) in [5.41, 5.74) is 6.88. The first-order chi connectivity index (χ1) is 14.5. The van der Waals surface area contributed by atoms with Gasteiger partial charge in [0.2, 0.25) is 0 Å². The van der Waals surface area contributed by atoms with Gasteiger partial charge in [-0.1, -0.05) is 28.6 Å². The summed E-state index contributed by atoms with van der Waals surface area (Å²) in [6.07, 6.45) is 3.08. The molecule has 1 aliphatic heterocycles. The van der Waals surface area contributed by atoms with E-state index in [4.69, 9.17) is 10.3 Å². The van der Waals surface area contributed by atoms with E-state index in [-0.39, 0.29) is 40.4 Å². The van der Waals surface area contributed by atoms with Crippen molar-refractivity contribution in [1.29, 1.82) is 0 Å². The summed E-state index contributed by atoms with van der Waals surface area (Å²) in [6.45, 7) is 0.305. The second-order valence-corrected chi connectivity index (χ2v) is 8.53. The maximum Gasteiger partial charge on any atom is 0.274 e. The number of halogens is 1. The Morgan fingerprint density at radius 2 is 2.20 bits per heavy atom. The lowest BCUT2D eigenvalue weighted by Crippen LogP contribution is -2.45. The Kier molecular flexibility index (Phi) is 4.50. The number of carbonyl (C=O) groups is 2. The normalized spacial score (nSPS) is 22.0. The van der Waals surface area contributed by atoms with Gasteiger partial charge in [-0.15, -0.1) is 0 Å². The highest BCUT2D eigenvalue weighted by atomic mass is 32.1. The summed E-state index contributed by atoms with van der Waals surface area (Å²) in [5, 5.41) is 6.69. The fourth-order valence-corrected chi connectivity index (χ4v) is 4.94. The van der Waals surface area contributed by atoms with Crippen LogP contribution < -0.4 is 11.1 Å². The number of carbonyl (C=O) groups excluding carboxylic acids is 2. The van der Waals surface area contributed by atoms with Crippen molar-refractivity contribution < 1.29 is 18.5 Å². The minimum atomic E-state index is -0.394. The molecule has 1 aliphatic carbocycles. The summed E-state index contributed by atoms with van der Waals surface area (Å²) >= 11 is 1.16. The Hall–Kier alpha value is -3.27. The van der Waals surface area contributed by atoms with Gasteiger partial charge < -0.3 is 20.5 Å². The molecule has 2 aliphatic rings. The van der Waals surface area contributed by atoms with Crippen LogP contribution in [0.4, 0.5) is 9.52 Å². The van der Waals surface area contributed by atoms with Crippen molar-refractivity contribution >= 4 is 28.3 Å². The van der Waals surface area contributed by atoms with Crippen LogP contribution in [0.1, 0.15) is 33.8 Å². The Morgan fingerprint density at radius 1 is 1.33 bits per heavy atom. The molecule has 0 bridgehead atoms. The van der Waals surface area contributed by atoms with E-state index in [1.807, 2.05) is 0 Å². The molecular weight excluding hydrogens is 409 g/mol. The fourth-order valence-electron chi connectivity index (χ4n) is 4.12. The molecule has 3 aromatic rings. The van der Waals surface area contributed by atoms with Gasteiger partial charge in [-0.25, -0.2) is 9.37 Å². The van der Waals surface area contributed by atoms with Crippen molar-refractivity contribution in [2.45, 2.75) is 24.9 Å². The van der Waals surface area contributed by atoms with Crippen LogP contribution in [-0.2, 0) is 0 Å². The Labute approximate surface area is 174 Å². The predicted molar refractivity (Wildman–Crippen MR) is 107 cm³/mol. The Balaban J connectivity index is 1.38. The number of likely N-dealkylation sites (tertiary alicyclic amines) is 1. The highest BCUT2D eigenvalue weighted by Crippen LogP contribution is 2.49. The quantitative estimate of drug-likeness (QED) is 0.647. The van der Waals surface area contributed by atoms with E-state index in [1.54, 1.807) is 17.0 Å². The number of benzene rings is 1. The van der Waals surface area contributed by atoms with Gasteiger partial charge in [0.05, 0.1) is 10.9 Å². The van der Waals surface area contributed by atoms with Crippen LogP contribution in [0.25, 0.3) is 10.4 Å². The predicted octanol–water partition coefficient (Wildman–Crippen LogP) is 2.55. The van der Waals surface area contributed by atoms with Gasteiger partial charge in [0, 0.05) is 18.7 Å². The second-order valence-electron chi connectivity index (χ2n) is 7.50. The molecular formula is C20H18FN5O3S. The van der Waals surface area contributed by atoms with E-state index < -0.39 is 5.82 Å². The number of aromatic nitrogens is 2. The highest BCUT2D eigenvalue weighted by molar-refractivity contribution is 7.19. The largest absolute Gasteiger partial charge is 0.375 e. The van der Waals surface area contributed by atoms with Crippen LogP contribution in [0, 0.1) is 11.7 Å². The van der Waals surface area contributed by atoms with Gasteiger partial charge in [0.25, 0.3) is 11.8 Å². The molecule has 30 heavy (non-hydrogen) atoms. The van der Waals surface area contributed by atoms with E-state index >= 15 is 0 Å². The van der Waals surface area contributed by atoms with Crippen LogP contribution in [0.3, 0.4) is 0 Å². The number of thiazole rings is 1. The standard InChI is InChI=1S/C20H18FN5O3S/c21-12-3-1-2-10(6-12)17-16(24-20(22)30-17)19(28)26-13(7-11-8-15(11)26)9-23-18(27)14-4-5-29-25-14/h1-6,11,13,15H,7-9H2,(H2,22,24)(H,23,27)/t11-,13+,15+/m1/s1. The van der Waals surface area contributed by atoms with E-state index in [0.29, 0.717) is 22.9 Å². The molecule has 3 N–H and O–H groups in total. The summed E-state index contributed by atoms with van der Waals surface area (Å²) in [4.78, 5) is 32.2. The first-order valence-corrected chi connectivity index (χ1v) is 10.4. The number of hydrogen-bond donors (Lipinski definition) is 2. The fraction of sp³-hybridized carbons (Fsp3) is 0.300. The lowest BCUT2D eigenvalue weighted by Gasteiger charge is -2.27. The zero-order valence-corrected chi connectivity index (χ0v) is 16.6. The number of amides is 2. The number of hydrogen-bond acceptors (Lipinski definition) is 7.